The minimum absolute atomic E-state index is 0. The number of aryl methyl sites for hydroxylation is 4. The molecule has 0 unspecified atom stereocenters. The maximum absolute atomic E-state index is 11.3. The zero-order valence-corrected chi connectivity index (χ0v) is 18.5. The Balaban J connectivity index is 0.000000443. The minimum Gasteiger partial charge on any atom is -0.458 e. The van der Waals surface area contributed by atoms with Gasteiger partial charge in [0.05, 0.1) is 0 Å². The van der Waals surface area contributed by atoms with Crippen LogP contribution < -0.4 is 0 Å². The Morgan fingerprint density at radius 1 is 0.760 bits per heavy atom. The van der Waals surface area contributed by atoms with E-state index in [0.717, 1.165) is 35.5 Å². The second-order valence-electron chi connectivity index (χ2n) is 6.05. The molecule has 2 heterocycles. The molecule has 4 nitrogen and oxygen atoms in total. The Morgan fingerprint density at radius 2 is 1.08 bits per heavy atom. The summed E-state index contributed by atoms with van der Waals surface area (Å²) in [6, 6.07) is 3.63. The van der Waals surface area contributed by atoms with Crippen LogP contribution in [0.3, 0.4) is 0 Å². The van der Waals surface area contributed by atoms with Gasteiger partial charge in [-0.05, 0) is 63.8 Å². The summed E-state index contributed by atoms with van der Waals surface area (Å²) in [4.78, 5) is 22.6. The molecule has 0 atom stereocenters. The third kappa shape index (κ3) is 7.51. The molecule has 2 rings (SSSR count). The van der Waals surface area contributed by atoms with Crippen LogP contribution in [0.5, 0.6) is 0 Å². The van der Waals surface area contributed by atoms with E-state index in [-0.39, 0.29) is 49.3 Å². The summed E-state index contributed by atoms with van der Waals surface area (Å²) in [5.74, 6) is 2.91. The molecule has 0 bridgehead atoms. The van der Waals surface area contributed by atoms with Crippen molar-refractivity contribution in [1.82, 2.24) is 0 Å². The van der Waals surface area contributed by atoms with Crippen molar-refractivity contribution in [3.63, 3.8) is 0 Å². The summed E-state index contributed by atoms with van der Waals surface area (Å²) in [7, 11) is 0. The van der Waals surface area contributed by atoms with E-state index in [9.17, 15) is 9.59 Å². The first kappa shape index (κ1) is 24.2. The molecule has 132 valence electrons. The fourth-order valence-electron chi connectivity index (χ4n) is 2.12. The van der Waals surface area contributed by atoms with Crippen molar-refractivity contribution in [2.75, 3.05) is 0 Å². The molecule has 0 aliphatic carbocycles. The number of carbonyl (C=O) groups excluding carboxylic acids is 2. The van der Waals surface area contributed by atoms with Crippen LogP contribution in [0.15, 0.2) is 21.0 Å². The number of furan rings is 2. The van der Waals surface area contributed by atoms with E-state index in [1.165, 1.54) is 0 Å². The van der Waals surface area contributed by atoms with Crippen LogP contribution in [0, 0.1) is 27.7 Å². The summed E-state index contributed by atoms with van der Waals surface area (Å²) >= 11 is 0. The van der Waals surface area contributed by atoms with E-state index in [2.05, 4.69) is 0 Å². The van der Waals surface area contributed by atoms with E-state index in [1.807, 2.05) is 53.7 Å². The third-order valence-electron chi connectivity index (χ3n) is 3.84. The van der Waals surface area contributed by atoms with Crippen molar-refractivity contribution in [2.45, 2.75) is 67.2 Å². The molecule has 0 saturated carbocycles. The molecule has 0 spiro atoms. The topological polar surface area (TPSA) is 60.4 Å². The summed E-state index contributed by atoms with van der Waals surface area (Å²) in [6.07, 6.45) is 2.90. The zero-order valence-electron chi connectivity index (χ0n) is 16.3. The molecular weight excluding hydrogens is 344 g/mol. The van der Waals surface area contributed by atoms with Crippen molar-refractivity contribution >= 4 is 49.3 Å². The maximum Gasteiger partial charge on any atom is 2.00 e. The van der Waals surface area contributed by atoms with Gasteiger partial charge in [0.15, 0.2) is 23.1 Å². The van der Waals surface area contributed by atoms with Gasteiger partial charge in [-0.1, -0.05) is 13.8 Å². The minimum atomic E-state index is 0. The van der Waals surface area contributed by atoms with Crippen LogP contribution in [-0.2, 0) is 0 Å². The first-order valence-corrected chi connectivity index (χ1v) is 8.50. The Morgan fingerprint density at radius 3 is 1.28 bits per heavy atom. The molecule has 0 fully saturated rings. The van der Waals surface area contributed by atoms with Gasteiger partial charge in [-0.25, -0.2) is 0 Å². The van der Waals surface area contributed by atoms with E-state index in [4.69, 9.17) is 8.83 Å². The van der Waals surface area contributed by atoms with E-state index in [1.54, 1.807) is 0 Å². The quantitative estimate of drug-likeness (QED) is 0.505. The molecule has 0 N–H and O–H groups in total. The molecule has 5 heteroatoms. The number of hydrogen-bond acceptors (Lipinski definition) is 4. The normalized spacial score (nSPS) is 9.84. The first-order valence-electron chi connectivity index (χ1n) is 8.50. The monoisotopic (exact) mass is 372 g/mol. The van der Waals surface area contributed by atoms with Crippen LogP contribution in [0.1, 0.15) is 83.3 Å². The number of Topliss-reactive ketones (excluding diaryl/α,β-unsaturated/α-hetero) is 2. The standard InChI is InChI=1S/2C10H14O2.Ca/c2*1-4-5-9(11)10-6-7(2)8(3)12-10;/h2*6H,4-5H2,1-3H3;/q;;+2. The summed E-state index contributed by atoms with van der Waals surface area (Å²) in [5, 5.41) is 0. The molecule has 0 amide bonds. The van der Waals surface area contributed by atoms with Crippen molar-refractivity contribution < 1.29 is 18.4 Å². The Bertz CT molecular complexity index is 595. The molecule has 25 heavy (non-hydrogen) atoms. The second-order valence-corrected chi connectivity index (χ2v) is 6.05. The van der Waals surface area contributed by atoms with Gasteiger partial charge >= 0.3 is 37.7 Å². The maximum atomic E-state index is 11.3. The van der Waals surface area contributed by atoms with Crippen molar-refractivity contribution in [3.8, 4) is 0 Å². The van der Waals surface area contributed by atoms with Crippen LogP contribution in [0.25, 0.3) is 0 Å². The van der Waals surface area contributed by atoms with Crippen LogP contribution in [0.4, 0.5) is 0 Å². The van der Waals surface area contributed by atoms with Gasteiger partial charge < -0.3 is 8.83 Å². The predicted molar refractivity (Wildman–Crippen MR) is 101 cm³/mol. The summed E-state index contributed by atoms with van der Waals surface area (Å²) in [5.41, 5.74) is 2.10. The molecule has 0 aromatic carbocycles. The number of carbonyl (C=O) groups is 2. The van der Waals surface area contributed by atoms with E-state index in [0.29, 0.717) is 24.4 Å². The average Bonchev–Trinajstić information content (AvgIpc) is 3.04. The average molecular weight is 373 g/mol. The number of ketones is 2. The Hall–Kier alpha value is -0.840. The van der Waals surface area contributed by atoms with E-state index >= 15 is 0 Å². The van der Waals surface area contributed by atoms with Crippen LogP contribution in [0.2, 0.25) is 0 Å². The summed E-state index contributed by atoms with van der Waals surface area (Å²) < 4.78 is 10.6. The van der Waals surface area contributed by atoms with Crippen molar-refractivity contribution in [3.05, 3.63) is 46.3 Å². The third-order valence-corrected chi connectivity index (χ3v) is 3.84. The molecule has 0 aliphatic rings. The van der Waals surface area contributed by atoms with Gasteiger partial charge in [0.2, 0.25) is 0 Å². The fraction of sp³-hybridized carbons (Fsp3) is 0.500. The molecular formula is C20H28CaO4+2. The second kappa shape index (κ2) is 11.7. The van der Waals surface area contributed by atoms with Crippen molar-refractivity contribution in [2.24, 2.45) is 0 Å². The molecule has 0 aliphatic heterocycles. The number of hydrogen-bond donors (Lipinski definition) is 0. The number of rotatable bonds is 6. The zero-order chi connectivity index (χ0) is 18.3. The van der Waals surface area contributed by atoms with Gasteiger partial charge in [-0.3, -0.25) is 9.59 Å². The fourth-order valence-corrected chi connectivity index (χ4v) is 2.12. The molecule has 0 saturated heterocycles. The van der Waals surface area contributed by atoms with Gasteiger partial charge in [-0.15, -0.1) is 0 Å². The van der Waals surface area contributed by atoms with Gasteiger partial charge in [0.25, 0.3) is 0 Å². The Labute approximate surface area is 180 Å². The van der Waals surface area contributed by atoms with Gasteiger partial charge in [0, 0.05) is 12.8 Å². The molecule has 2 aromatic rings. The van der Waals surface area contributed by atoms with E-state index < -0.39 is 0 Å². The summed E-state index contributed by atoms with van der Waals surface area (Å²) in [6.45, 7) is 11.6. The molecule has 0 radical (unpaired) electrons. The smallest absolute Gasteiger partial charge is 0.458 e. The predicted octanol–water partition coefficient (Wildman–Crippen LogP) is 5.38. The first-order chi connectivity index (χ1) is 11.3. The Kier molecular flexibility index (Phi) is 11.3. The SMILES string of the molecule is CCCC(=O)c1cc(C)c(C)o1.CCCC(=O)c1cc(C)c(C)o1.[Ca+2]. The largest absolute Gasteiger partial charge is 2.00 e. The van der Waals surface area contributed by atoms with Crippen LogP contribution >= 0.6 is 0 Å². The van der Waals surface area contributed by atoms with Crippen LogP contribution in [-0.4, -0.2) is 49.3 Å². The molecule has 2 aromatic heterocycles. The van der Waals surface area contributed by atoms with Crippen molar-refractivity contribution in [1.29, 1.82) is 0 Å². The van der Waals surface area contributed by atoms with Gasteiger partial charge in [0.1, 0.15) is 11.5 Å². The van der Waals surface area contributed by atoms with Gasteiger partial charge in [-0.2, -0.15) is 0 Å².